The molecule has 0 spiro atoms. The SMILES string of the molecule is CCNCc1ccc(C)c(-c2cccnc2)c1. The molecule has 0 aliphatic rings. The van der Waals surface area contributed by atoms with Crippen molar-refractivity contribution >= 4 is 0 Å². The van der Waals surface area contributed by atoms with Crippen molar-refractivity contribution in [3.8, 4) is 11.1 Å². The van der Waals surface area contributed by atoms with Gasteiger partial charge in [-0.05, 0) is 42.3 Å². The van der Waals surface area contributed by atoms with Crippen LogP contribution in [0.4, 0.5) is 0 Å². The Kier molecular flexibility index (Phi) is 3.89. The van der Waals surface area contributed by atoms with Crippen LogP contribution in [-0.4, -0.2) is 11.5 Å². The highest BCUT2D eigenvalue weighted by atomic mass is 14.8. The van der Waals surface area contributed by atoms with Crippen LogP contribution in [0.1, 0.15) is 18.1 Å². The third-order valence-corrected chi connectivity index (χ3v) is 2.85. The second-order valence-corrected chi connectivity index (χ2v) is 4.17. The summed E-state index contributed by atoms with van der Waals surface area (Å²) in [6.45, 7) is 6.18. The number of pyridine rings is 1. The topological polar surface area (TPSA) is 24.9 Å². The van der Waals surface area contributed by atoms with Crippen LogP contribution in [0.5, 0.6) is 0 Å². The zero-order valence-corrected chi connectivity index (χ0v) is 10.4. The van der Waals surface area contributed by atoms with Gasteiger partial charge in [0.05, 0.1) is 0 Å². The number of hydrogen-bond acceptors (Lipinski definition) is 2. The molecule has 2 aromatic rings. The van der Waals surface area contributed by atoms with Crippen LogP contribution in [0.2, 0.25) is 0 Å². The summed E-state index contributed by atoms with van der Waals surface area (Å²) in [5.74, 6) is 0. The molecule has 0 saturated heterocycles. The summed E-state index contributed by atoms with van der Waals surface area (Å²) in [6.07, 6.45) is 3.72. The van der Waals surface area contributed by atoms with E-state index in [0.29, 0.717) is 0 Å². The second-order valence-electron chi connectivity index (χ2n) is 4.17. The lowest BCUT2D eigenvalue weighted by molar-refractivity contribution is 0.727. The van der Waals surface area contributed by atoms with Gasteiger partial charge in [0.25, 0.3) is 0 Å². The second kappa shape index (κ2) is 5.60. The van der Waals surface area contributed by atoms with Gasteiger partial charge in [-0.25, -0.2) is 0 Å². The molecule has 1 heterocycles. The van der Waals surface area contributed by atoms with Crippen molar-refractivity contribution in [3.63, 3.8) is 0 Å². The highest BCUT2D eigenvalue weighted by molar-refractivity contribution is 5.66. The summed E-state index contributed by atoms with van der Waals surface area (Å²) in [7, 11) is 0. The summed E-state index contributed by atoms with van der Waals surface area (Å²) in [5.41, 5.74) is 5.06. The van der Waals surface area contributed by atoms with Gasteiger partial charge in [0.15, 0.2) is 0 Å². The largest absolute Gasteiger partial charge is 0.313 e. The van der Waals surface area contributed by atoms with Crippen molar-refractivity contribution in [3.05, 3.63) is 53.9 Å². The quantitative estimate of drug-likeness (QED) is 0.866. The van der Waals surface area contributed by atoms with E-state index >= 15 is 0 Å². The third-order valence-electron chi connectivity index (χ3n) is 2.85. The zero-order valence-electron chi connectivity index (χ0n) is 10.4. The summed E-state index contributed by atoms with van der Waals surface area (Å²) in [5, 5.41) is 3.35. The van der Waals surface area contributed by atoms with Crippen LogP contribution < -0.4 is 5.32 Å². The average Bonchev–Trinajstić information content (AvgIpc) is 2.39. The number of aromatic nitrogens is 1. The lowest BCUT2D eigenvalue weighted by Crippen LogP contribution is -2.11. The van der Waals surface area contributed by atoms with Crippen molar-refractivity contribution in [2.24, 2.45) is 0 Å². The van der Waals surface area contributed by atoms with Crippen LogP contribution in [0.25, 0.3) is 11.1 Å². The van der Waals surface area contributed by atoms with Gasteiger partial charge in [-0.1, -0.05) is 25.1 Å². The Bertz CT molecular complexity index is 478. The van der Waals surface area contributed by atoms with Gasteiger partial charge in [-0.15, -0.1) is 0 Å². The molecular weight excluding hydrogens is 208 g/mol. The maximum Gasteiger partial charge on any atom is 0.0346 e. The van der Waals surface area contributed by atoms with Crippen LogP contribution in [0.15, 0.2) is 42.7 Å². The maximum absolute atomic E-state index is 4.18. The Morgan fingerprint density at radius 1 is 1.24 bits per heavy atom. The van der Waals surface area contributed by atoms with Gasteiger partial charge in [0.2, 0.25) is 0 Å². The number of nitrogens with one attached hydrogen (secondary N) is 1. The molecule has 0 saturated carbocycles. The van der Waals surface area contributed by atoms with Gasteiger partial charge < -0.3 is 5.32 Å². The van der Waals surface area contributed by atoms with Crippen LogP contribution >= 0.6 is 0 Å². The lowest BCUT2D eigenvalue weighted by atomic mass is 9.99. The Balaban J connectivity index is 2.33. The highest BCUT2D eigenvalue weighted by Crippen LogP contribution is 2.23. The Hall–Kier alpha value is -1.67. The third kappa shape index (κ3) is 2.92. The first-order valence-electron chi connectivity index (χ1n) is 6.02. The fourth-order valence-corrected chi connectivity index (χ4v) is 1.88. The van der Waals surface area contributed by atoms with E-state index < -0.39 is 0 Å². The van der Waals surface area contributed by atoms with E-state index in [1.807, 2.05) is 12.3 Å². The minimum absolute atomic E-state index is 0.921. The highest BCUT2D eigenvalue weighted by Gasteiger charge is 2.03. The number of aryl methyl sites for hydroxylation is 1. The van der Waals surface area contributed by atoms with E-state index in [9.17, 15) is 0 Å². The Labute approximate surface area is 103 Å². The summed E-state index contributed by atoms with van der Waals surface area (Å²) in [4.78, 5) is 4.18. The smallest absolute Gasteiger partial charge is 0.0346 e. The first kappa shape index (κ1) is 11.8. The van der Waals surface area contributed by atoms with E-state index in [2.05, 4.69) is 48.4 Å². The average molecular weight is 226 g/mol. The molecule has 0 unspecified atom stereocenters. The van der Waals surface area contributed by atoms with E-state index in [1.54, 1.807) is 6.20 Å². The first-order valence-corrected chi connectivity index (χ1v) is 6.02. The Morgan fingerprint density at radius 2 is 2.12 bits per heavy atom. The molecule has 1 aromatic heterocycles. The van der Waals surface area contributed by atoms with Gasteiger partial charge in [0, 0.05) is 24.5 Å². The minimum atomic E-state index is 0.921. The molecule has 2 nitrogen and oxygen atoms in total. The predicted molar refractivity (Wildman–Crippen MR) is 71.8 cm³/mol. The van der Waals surface area contributed by atoms with Crippen molar-refractivity contribution in [2.45, 2.75) is 20.4 Å². The van der Waals surface area contributed by atoms with Crippen LogP contribution in [0, 0.1) is 6.92 Å². The van der Waals surface area contributed by atoms with E-state index in [4.69, 9.17) is 0 Å². The first-order chi connectivity index (χ1) is 8.31. The minimum Gasteiger partial charge on any atom is -0.313 e. The molecule has 17 heavy (non-hydrogen) atoms. The fourth-order valence-electron chi connectivity index (χ4n) is 1.88. The van der Waals surface area contributed by atoms with Gasteiger partial charge in [-0.3, -0.25) is 4.98 Å². The summed E-state index contributed by atoms with van der Waals surface area (Å²) in [6, 6.07) is 10.7. The molecule has 0 amide bonds. The molecule has 2 rings (SSSR count). The van der Waals surface area contributed by atoms with Gasteiger partial charge in [0.1, 0.15) is 0 Å². The zero-order chi connectivity index (χ0) is 12.1. The predicted octanol–water partition coefficient (Wildman–Crippen LogP) is 3.17. The number of hydrogen-bond donors (Lipinski definition) is 1. The van der Waals surface area contributed by atoms with Crippen LogP contribution in [-0.2, 0) is 6.54 Å². The van der Waals surface area contributed by atoms with E-state index in [0.717, 1.165) is 13.1 Å². The van der Waals surface area contributed by atoms with Crippen molar-refractivity contribution in [1.29, 1.82) is 0 Å². The monoisotopic (exact) mass is 226 g/mol. The molecule has 0 fully saturated rings. The standard InChI is InChI=1S/C15H18N2/c1-3-16-10-13-7-6-12(2)15(9-13)14-5-4-8-17-11-14/h4-9,11,16H,3,10H2,1-2H3. The van der Waals surface area contributed by atoms with Gasteiger partial charge >= 0.3 is 0 Å². The van der Waals surface area contributed by atoms with Crippen molar-refractivity contribution < 1.29 is 0 Å². The van der Waals surface area contributed by atoms with Crippen molar-refractivity contribution in [1.82, 2.24) is 10.3 Å². The normalized spacial score (nSPS) is 10.5. The molecular formula is C15H18N2. The number of benzene rings is 1. The molecule has 0 radical (unpaired) electrons. The molecule has 1 N–H and O–H groups in total. The molecule has 1 aromatic carbocycles. The lowest BCUT2D eigenvalue weighted by Gasteiger charge is -2.09. The molecule has 0 atom stereocenters. The van der Waals surface area contributed by atoms with E-state index in [-0.39, 0.29) is 0 Å². The number of nitrogens with zero attached hydrogens (tertiary/aromatic N) is 1. The Morgan fingerprint density at radius 3 is 2.82 bits per heavy atom. The number of rotatable bonds is 4. The van der Waals surface area contributed by atoms with E-state index in [1.165, 1.54) is 22.3 Å². The molecule has 88 valence electrons. The molecule has 0 aliphatic carbocycles. The summed E-state index contributed by atoms with van der Waals surface area (Å²) >= 11 is 0. The molecule has 0 bridgehead atoms. The summed E-state index contributed by atoms with van der Waals surface area (Å²) < 4.78 is 0. The fraction of sp³-hybridized carbons (Fsp3) is 0.267. The molecule has 2 heteroatoms. The van der Waals surface area contributed by atoms with Crippen molar-refractivity contribution in [2.75, 3.05) is 6.54 Å². The van der Waals surface area contributed by atoms with Crippen LogP contribution in [0.3, 0.4) is 0 Å². The van der Waals surface area contributed by atoms with Gasteiger partial charge in [-0.2, -0.15) is 0 Å². The maximum atomic E-state index is 4.18. The molecule has 0 aliphatic heterocycles.